The summed E-state index contributed by atoms with van der Waals surface area (Å²) in [6.07, 6.45) is 5.91. The van der Waals surface area contributed by atoms with Crippen molar-refractivity contribution in [2.24, 2.45) is 13.0 Å². The molecule has 0 aromatic carbocycles. The molecule has 1 aliphatic rings. The number of amides is 1. The number of likely N-dealkylation sites (tertiary alicyclic amines) is 1. The Balaban J connectivity index is 2.26. The van der Waals surface area contributed by atoms with Gasteiger partial charge in [0.1, 0.15) is 6.61 Å². The van der Waals surface area contributed by atoms with E-state index in [1.54, 1.807) is 29.9 Å². The zero-order chi connectivity index (χ0) is 14.7. The van der Waals surface area contributed by atoms with Gasteiger partial charge in [-0.3, -0.25) is 14.3 Å². The molecule has 0 unspecified atom stereocenters. The second-order valence-electron chi connectivity index (χ2n) is 4.96. The largest absolute Gasteiger partial charge is 0.461 e. The molecule has 0 aliphatic carbocycles. The minimum absolute atomic E-state index is 0.0339. The Labute approximate surface area is 118 Å². The van der Waals surface area contributed by atoms with Crippen LogP contribution in [-0.2, 0) is 21.4 Å². The molecule has 2 rings (SSSR count). The third-order valence-corrected chi connectivity index (χ3v) is 3.57. The fraction of sp³-hybridized carbons (Fsp3) is 0.500. The maximum absolute atomic E-state index is 12.2. The van der Waals surface area contributed by atoms with Gasteiger partial charge in [0.2, 0.25) is 5.91 Å². The van der Waals surface area contributed by atoms with E-state index in [-0.39, 0.29) is 30.4 Å². The van der Waals surface area contributed by atoms with Crippen molar-refractivity contribution < 1.29 is 14.3 Å². The second kappa shape index (κ2) is 5.90. The van der Waals surface area contributed by atoms with E-state index in [4.69, 9.17) is 4.74 Å². The molecular formula is C14H19N3O3. The van der Waals surface area contributed by atoms with E-state index < -0.39 is 0 Å². The Hall–Kier alpha value is -2.11. The number of aryl methyl sites for hydroxylation is 1. The summed E-state index contributed by atoms with van der Waals surface area (Å²) in [5.41, 5.74) is 0.851. The molecule has 1 fully saturated rings. The van der Waals surface area contributed by atoms with E-state index in [9.17, 15) is 9.59 Å². The molecule has 0 spiro atoms. The molecule has 1 amide bonds. The van der Waals surface area contributed by atoms with Crippen LogP contribution in [0, 0.1) is 5.92 Å². The first-order valence-electron chi connectivity index (χ1n) is 6.56. The first-order valence-corrected chi connectivity index (χ1v) is 6.56. The van der Waals surface area contributed by atoms with E-state index in [1.807, 2.05) is 6.20 Å². The van der Waals surface area contributed by atoms with Gasteiger partial charge in [-0.25, -0.2) is 0 Å². The number of hydrogen-bond donors (Lipinski definition) is 0. The quantitative estimate of drug-likeness (QED) is 0.610. The summed E-state index contributed by atoms with van der Waals surface area (Å²) in [5, 5.41) is 4.12. The number of ether oxygens (including phenoxy) is 1. The number of aromatic nitrogens is 2. The lowest BCUT2D eigenvalue weighted by atomic mass is 9.86. The van der Waals surface area contributed by atoms with E-state index in [2.05, 4.69) is 11.7 Å². The number of carbonyl (C=O) groups excluding carboxylic acids is 2. The Morgan fingerprint density at radius 1 is 1.60 bits per heavy atom. The molecule has 2 atom stereocenters. The van der Waals surface area contributed by atoms with Crippen LogP contribution in [0.1, 0.15) is 24.4 Å². The zero-order valence-corrected chi connectivity index (χ0v) is 11.8. The van der Waals surface area contributed by atoms with Crippen molar-refractivity contribution in [1.82, 2.24) is 14.7 Å². The van der Waals surface area contributed by atoms with Crippen molar-refractivity contribution in [3.63, 3.8) is 0 Å². The highest BCUT2D eigenvalue weighted by molar-refractivity contribution is 5.82. The van der Waals surface area contributed by atoms with Crippen molar-refractivity contribution in [2.45, 2.75) is 18.9 Å². The summed E-state index contributed by atoms with van der Waals surface area (Å²) < 4.78 is 6.81. The molecule has 2 heterocycles. The SMILES string of the molecule is C=CCOC(=O)[C@@H]1CCC(=O)N(C)[C@H]1c1cnn(C)c1. The van der Waals surface area contributed by atoms with Crippen LogP contribution in [0.5, 0.6) is 0 Å². The number of esters is 1. The fourth-order valence-electron chi connectivity index (χ4n) is 2.58. The molecule has 1 saturated heterocycles. The van der Waals surface area contributed by atoms with Crippen LogP contribution in [-0.4, -0.2) is 40.2 Å². The number of piperidine rings is 1. The molecular weight excluding hydrogens is 258 g/mol. The van der Waals surface area contributed by atoms with Crippen LogP contribution in [0.3, 0.4) is 0 Å². The normalized spacial score (nSPS) is 22.7. The van der Waals surface area contributed by atoms with Crippen molar-refractivity contribution >= 4 is 11.9 Å². The Bertz CT molecular complexity index is 523. The lowest BCUT2D eigenvalue weighted by Crippen LogP contribution is -2.43. The summed E-state index contributed by atoms with van der Waals surface area (Å²) in [5.74, 6) is -0.619. The van der Waals surface area contributed by atoms with Gasteiger partial charge in [-0.15, -0.1) is 0 Å². The first kappa shape index (κ1) is 14.3. The van der Waals surface area contributed by atoms with Gasteiger partial charge in [0.25, 0.3) is 0 Å². The molecule has 6 heteroatoms. The zero-order valence-electron chi connectivity index (χ0n) is 11.8. The molecule has 20 heavy (non-hydrogen) atoms. The monoisotopic (exact) mass is 277 g/mol. The second-order valence-corrected chi connectivity index (χ2v) is 4.96. The van der Waals surface area contributed by atoms with Gasteiger partial charge in [-0.1, -0.05) is 12.7 Å². The molecule has 0 N–H and O–H groups in total. The molecule has 1 aliphatic heterocycles. The molecule has 6 nitrogen and oxygen atoms in total. The smallest absolute Gasteiger partial charge is 0.311 e. The van der Waals surface area contributed by atoms with Crippen LogP contribution < -0.4 is 0 Å². The fourth-order valence-corrected chi connectivity index (χ4v) is 2.58. The summed E-state index contributed by atoms with van der Waals surface area (Å²) in [6.45, 7) is 3.72. The van der Waals surface area contributed by atoms with Crippen molar-refractivity contribution in [1.29, 1.82) is 0 Å². The standard InChI is InChI=1S/C14H19N3O3/c1-4-7-20-14(19)11-5-6-12(18)17(3)13(11)10-8-15-16(2)9-10/h4,8-9,11,13H,1,5-7H2,2-3H3/t11-,13+/m1/s1. The lowest BCUT2D eigenvalue weighted by Gasteiger charge is -2.37. The maximum atomic E-state index is 12.2. The van der Waals surface area contributed by atoms with E-state index >= 15 is 0 Å². The maximum Gasteiger partial charge on any atom is 0.311 e. The van der Waals surface area contributed by atoms with Gasteiger partial charge in [0.15, 0.2) is 0 Å². The average Bonchev–Trinajstić information content (AvgIpc) is 2.85. The molecule has 0 radical (unpaired) electrons. The van der Waals surface area contributed by atoms with E-state index in [1.165, 1.54) is 6.08 Å². The Morgan fingerprint density at radius 2 is 2.35 bits per heavy atom. The van der Waals surface area contributed by atoms with Crippen LogP contribution >= 0.6 is 0 Å². The molecule has 0 saturated carbocycles. The van der Waals surface area contributed by atoms with Gasteiger partial charge < -0.3 is 9.64 Å². The third-order valence-electron chi connectivity index (χ3n) is 3.57. The lowest BCUT2D eigenvalue weighted by molar-refractivity contribution is -0.155. The van der Waals surface area contributed by atoms with Crippen LogP contribution in [0.25, 0.3) is 0 Å². The highest BCUT2D eigenvalue weighted by Gasteiger charge is 2.40. The van der Waals surface area contributed by atoms with Gasteiger partial charge in [0, 0.05) is 32.3 Å². The van der Waals surface area contributed by atoms with Crippen LogP contribution in [0.4, 0.5) is 0 Å². The summed E-state index contributed by atoms with van der Waals surface area (Å²) >= 11 is 0. The summed E-state index contributed by atoms with van der Waals surface area (Å²) in [6, 6.07) is -0.317. The molecule has 108 valence electrons. The van der Waals surface area contributed by atoms with Gasteiger partial charge in [-0.05, 0) is 6.42 Å². The summed E-state index contributed by atoms with van der Waals surface area (Å²) in [4.78, 5) is 25.7. The number of hydrogen-bond acceptors (Lipinski definition) is 4. The minimum Gasteiger partial charge on any atom is -0.461 e. The predicted molar refractivity (Wildman–Crippen MR) is 72.6 cm³/mol. The van der Waals surface area contributed by atoms with Crippen molar-refractivity contribution in [3.8, 4) is 0 Å². The molecule has 1 aromatic rings. The highest BCUT2D eigenvalue weighted by atomic mass is 16.5. The van der Waals surface area contributed by atoms with E-state index in [0.29, 0.717) is 12.8 Å². The Morgan fingerprint density at radius 3 is 2.95 bits per heavy atom. The number of nitrogens with zero attached hydrogens (tertiary/aromatic N) is 3. The van der Waals surface area contributed by atoms with Crippen molar-refractivity contribution in [2.75, 3.05) is 13.7 Å². The Kier molecular flexibility index (Phi) is 4.22. The van der Waals surface area contributed by atoms with Gasteiger partial charge >= 0.3 is 5.97 Å². The number of carbonyl (C=O) groups is 2. The highest BCUT2D eigenvalue weighted by Crippen LogP contribution is 2.36. The van der Waals surface area contributed by atoms with Gasteiger partial charge in [0.05, 0.1) is 18.2 Å². The third kappa shape index (κ3) is 2.74. The van der Waals surface area contributed by atoms with Crippen LogP contribution in [0.2, 0.25) is 0 Å². The minimum atomic E-state index is -0.359. The average molecular weight is 277 g/mol. The molecule has 0 bridgehead atoms. The topological polar surface area (TPSA) is 64.4 Å². The molecule has 1 aromatic heterocycles. The number of rotatable bonds is 4. The van der Waals surface area contributed by atoms with E-state index in [0.717, 1.165) is 5.56 Å². The predicted octanol–water partition coefficient (Wildman–Crippen LogP) is 1.06. The van der Waals surface area contributed by atoms with Crippen LogP contribution in [0.15, 0.2) is 25.0 Å². The summed E-state index contributed by atoms with van der Waals surface area (Å²) in [7, 11) is 3.52. The first-order chi connectivity index (χ1) is 9.54. The van der Waals surface area contributed by atoms with Crippen molar-refractivity contribution in [3.05, 3.63) is 30.6 Å². The van der Waals surface area contributed by atoms with Gasteiger partial charge in [-0.2, -0.15) is 5.10 Å².